The number of hydrogen-bond donors (Lipinski definition) is 1. The number of hydrogen-bond acceptors (Lipinski definition) is 2. The van der Waals surface area contributed by atoms with E-state index in [0.717, 1.165) is 43.8 Å². The summed E-state index contributed by atoms with van der Waals surface area (Å²) in [7, 11) is 0. The second kappa shape index (κ2) is 6.93. The van der Waals surface area contributed by atoms with E-state index in [0.29, 0.717) is 28.6 Å². The van der Waals surface area contributed by atoms with Gasteiger partial charge < -0.3 is 10.6 Å². The summed E-state index contributed by atoms with van der Waals surface area (Å²) in [6.07, 6.45) is 2.29. The predicted octanol–water partition coefficient (Wildman–Crippen LogP) is 4.80. The summed E-state index contributed by atoms with van der Waals surface area (Å²) in [6, 6.07) is 7.62. The highest BCUT2D eigenvalue weighted by atomic mass is 35.5. The van der Waals surface area contributed by atoms with Crippen molar-refractivity contribution in [1.29, 1.82) is 0 Å². The van der Waals surface area contributed by atoms with Crippen molar-refractivity contribution in [1.82, 2.24) is 0 Å². The highest BCUT2D eigenvalue weighted by Gasteiger charge is 2.22. The summed E-state index contributed by atoms with van der Waals surface area (Å²) < 4.78 is 39.6. The van der Waals surface area contributed by atoms with Crippen molar-refractivity contribution in [3.63, 3.8) is 0 Å². The lowest BCUT2D eigenvalue weighted by molar-refractivity contribution is 0.398. The lowest BCUT2D eigenvalue weighted by Gasteiger charge is -2.34. The number of benzene rings is 2. The van der Waals surface area contributed by atoms with Gasteiger partial charge in [0.1, 0.15) is 0 Å². The van der Waals surface area contributed by atoms with Crippen LogP contribution in [0.3, 0.4) is 0 Å². The molecule has 1 heterocycles. The lowest BCUT2D eigenvalue weighted by atomic mass is 9.90. The normalized spacial score (nSPS) is 15.8. The molecule has 0 amide bonds. The van der Waals surface area contributed by atoms with Gasteiger partial charge in [0.2, 0.25) is 0 Å². The molecule has 24 heavy (non-hydrogen) atoms. The van der Waals surface area contributed by atoms with Crippen LogP contribution in [0.2, 0.25) is 5.02 Å². The Labute approximate surface area is 144 Å². The molecule has 1 aliphatic heterocycles. The van der Waals surface area contributed by atoms with Crippen LogP contribution in [0.25, 0.3) is 0 Å². The van der Waals surface area contributed by atoms with Crippen molar-refractivity contribution >= 4 is 23.0 Å². The first-order valence-corrected chi connectivity index (χ1v) is 8.25. The Kier molecular flexibility index (Phi) is 4.90. The van der Waals surface area contributed by atoms with Crippen molar-refractivity contribution in [2.75, 3.05) is 23.7 Å². The molecule has 2 aromatic carbocycles. The fraction of sp³-hybridized carbons (Fsp3) is 0.333. The van der Waals surface area contributed by atoms with Crippen molar-refractivity contribution in [3.8, 4) is 0 Å². The third-order valence-corrected chi connectivity index (χ3v) is 4.80. The fourth-order valence-electron chi connectivity index (χ4n) is 3.22. The molecule has 1 saturated heterocycles. The van der Waals surface area contributed by atoms with Crippen molar-refractivity contribution in [2.24, 2.45) is 5.92 Å². The monoisotopic (exact) mass is 354 g/mol. The van der Waals surface area contributed by atoms with Crippen LogP contribution in [-0.4, -0.2) is 13.1 Å². The zero-order valence-corrected chi connectivity index (χ0v) is 13.8. The minimum Gasteiger partial charge on any atom is -0.399 e. The Morgan fingerprint density at radius 3 is 2.25 bits per heavy atom. The topological polar surface area (TPSA) is 29.3 Å². The third-order valence-electron chi connectivity index (χ3n) is 4.49. The molecule has 3 rings (SSSR count). The molecular formula is C18H18ClF3N2. The number of anilines is 2. The average molecular weight is 355 g/mol. The predicted molar refractivity (Wildman–Crippen MR) is 90.8 cm³/mol. The molecule has 0 aliphatic carbocycles. The van der Waals surface area contributed by atoms with Gasteiger partial charge in [-0.1, -0.05) is 11.6 Å². The molecule has 2 aromatic rings. The Morgan fingerprint density at radius 2 is 1.67 bits per heavy atom. The number of nitrogens with two attached hydrogens (primary N) is 1. The van der Waals surface area contributed by atoms with Gasteiger partial charge in [0, 0.05) is 18.8 Å². The molecule has 2 nitrogen and oxygen atoms in total. The van der Waals surface area contributed by atoms with Gasteiger partial charge in [-0.15, -0.1) is 0 Å². The third kappa shape index (κ3) is 3.61. The SMILES string of the molecule is Nc1ccc(N2CCC(Cc3cc(F)c(F)c(F)c3)CC2)c(Cl)c1. The summed E-state index contributed by atoms with van der Waals surface area (Å²) in [5.74, 6) is -3.36. The first-order chi connectivity index (χ1) is 11.4. The molecule has 0 unspecified atom stereocenters. The number of nitrogens with zero attached hydrogens (tertiary/aromatic N) is 1. The zero-order chi connectivity index (χ0) is 17.3. The molecule has 0 bridgehead atoms. The van der Waals surface area contributed by atoms with Crippen molar-refractivity contribution in [3.05, 3.63) is 58.4 Å². The number of piperidine rings is 1. The van der Waals surface area contributed by atoms with Crippen LogP contribution in [0.15, 0.2) is 30.3 Å². The van der Waals surface area contributed by atoms with E-state index in [4.69, 9.17) is 17.3 Å². The minimum atomic E-state index is -1.41. The van der Waals surface area contributed by atoms with E-state index in [9.17, 15) is 13.2 Å². The number of halogens is 4. The summed E-state index contributed by atoms with van der Waals surface area (Å²) in [5, 5.41) is 0.621. The molecule has 2 N–H and O–H groups in total. The van der Waals surface area contributed by atoms with E-state index < -0.39 is 17.5 Å². The first kappa shape index (κ1) is 17.0. The first-order valence-electron chi connectivity index (χ1n) is 7.87. The Hall–Kier alpha value is -1.88. The maximum Gasteiger partial charge on any atom is 0.194 e. The standard InChI is InChI=1S/C18H18ClF3N2/c19-14-10-13(23)1-2-17(14)24-5-3-11(4-6-24)7-12-8-15(20)18(22)16(21)9-12/h1-2,8-11H,3-7,23H2. The summed E-state index contributed by atoms with van der Waals surface area (Å²) in [4.78, 5) is 2.18. The van der Waals surface area contributed by atoms with E-state index >= 15 is 0 Å². The Morgan fingerprint density at radius 1 is 1.04 bits per heavy atom. The Bertz CT molecular complexity index is 720. The van der Waals surface area contributed by atoms with Crippen molar-refractivity contribution < 1.29 is 13.2 Å². The molecule has 1 aliphatic rings. The molecule has 128 valence electrons. The van der Waals surface area contributed by atoms with Gasteiger partial charge in [-0.3, -0.25) is 0 Å². The van der Waals surface area contributed by atoms with E-state index in [1.807, 2.05) is 12.1 Å². The van der Waals surface area contributed by atoms with E-state index in [2.05, 4.69) is 4.90 Å². The largest absolute Gasteiger partial charge is 0.399 e. The molecule has 1 fully saturated rings. The molecule has 0 spiro atoms. The molecular weight excluding hydrogens is 337 g/mol. The maximum absolute atomic E-state index is 13.3. The molecule has 0 atom stereocenters. The van der Waals surface area contributed by atoms with E-state index in [1.165, 1.54) is 0 Å². The number of nitrogen functional groups attached to an aromatic ring is 1. The van der Waals surface area contributed by atoms with Gasteiger partial charge in [-0.2, -0.15) is 0 Å². The van der Waals surface area contributed by atoms with Gasteiger partial charge in [0.15, 0.2) is 17.5 Å². The van der Waals surface area contributed by atoms with Crippen LogP contribution in [0.1, 0.15) is 18.4 Å². The van der Waals surface area contributed by atoms with Gasteiger partial charge in [-0.25, -0.2) is 13.2 Å². The van der Waals surface area contributed by atoms with Gasteiger partial charge >= 0.3 is 0 Å². The second-order valence-electron chi connectivity index (χ2n) is 6.22. The van der Waals surface area contributed by atoms with E-state index in [1.54, 1.807) is 6.07 Å². The highest BCUT2D eigenvalue weighted by Crippen LogP contribution is 2.32. The van der Waals surface area contributed by atoms with Crippen LogP contribution < -0.4 is 10.6 Å². The maximum atomic E-state index is 13.3. The van der Waals surface area contributed by atoms with Crippen molar-refractivity contribution in [2.45, 2.75) is 19.3 Å². The summed E-state index contributed by atoms with van der Waals surface area (Å²) in [5.41, 5.74) is 7.78. The van der Waals surface area contributed by atoms with E-state index in [-0.39, 0.29) is 0 Å². The quantitative estimate of drug-likeness (QED) is 0.633. The minimum absolute atomic E-state index is 0.304. The van der Waals surface area contributed by atoms with Gasteiger partial charge in [0.05, 0.1) is 10.7 Å². The second-order valence-corrected chi connectivity index (χ2v) is 6.63. The summed E-state index contributed by atoms with van der Waals surface area (Å²) in [6.45, 7) is 1.61. The Balaban J connectivity index is 1.63. The summed E-state index contributed by atoms with van der Waals surface area (Å²) >= 11 is 6.24. The average Bonchev–Trinajstić information content (AvgIpc) is 2.54. The van der Waals surface area contributed by atoms with Crippen LogP contribution >= 0.6 is 11.6 Å². The van der Waals surface area contributed by atoms with Crippen LogP contribution in [0.4, 0.5) is 24.5 Å². The molecule has 6 heteroatoms. The van der Waals surface area contributed by atoms with Crippen LogP contribution in [0, 0.1) is 23.4 Å². The lowest BCUT2D eigenvalue weighted by Crippen LogP contribution is -2.34. The van der Waals surface area contributed by atoms with Gasteiger partial charge in [0.25, 0.3) is 0 Å². The molecule has 0 saturated carbocycles. The molecule has 0 aromatic heterocycles. The smallest absolute Gasteiger partial charge is 0.194 e. The van der Waals surface area contributed by atoms with Gasteiger partial charge in [-0.05, 0) is 61.1 Å². The zero-order valence-electron chi connectivity index (χ0n) is 13.0. The van der Waals surface area contributed by atoms with Crippen LogP contribution in [0.5, 0.6) is 0 Å². The number of rotatable bonds is 3. The fourth-order valence-corrected chi connectivity index (χ4v) is 3.53. The van der Waals surface area contributed by atoms with Crippen LogP contribution in [-0.2, 0) is 6.42 Å². The highest BCUT2D eigenvalue weighted by molar-refractivity contribution is 6.33. The molecule has 0 radical (unpaired) electrons.